The Labute approximate surface area is 195 Å². The molecule has 9 heteroatoms. The molecule has 4 atom stereocenters. The van der Waals surface area contributed by atoms with E-state index in [0.29, 0.717) is 25.2 Å². The number of fused-ring (bicyclic) bond motifs is 1. The second-order valence-electron chi connectivity index (χ2n) is 9.24. The summed E-state index contributed by atoms with van der Waals surface area (Å²) in [5.41, 5.74) is 1.99. The highest BCUT2D eigenvalue weighted by molar-refractivity contribution is 6.30. The highest BCUT2D eigenvalue weighted by Gasteiger charge is 2.56. The summed E-state index contributed by atoms with van der Waals surface area (Å²) >= 11 is 5.71. The molecule has 1 unspecified atom stereocenters. The lowest BCUT2D eigenvalue weighted by atomic mass is 9.90. The Morgan fingerprint density at radius 1 is 1.12 bits per heavy atom. The van der Waals surface area contributed by atoms with Crippen LogP contribution in [-0.2, 0) is 9.53 Å². The Kier molecular flexibility index (Phi) is 5.61. The molecule has 2 saturated heterocycles. The SMILES string of the molecule is Cc1cc(C(=O)N2[C@@H](C(=O)NC(c3cc(F)c(Cl)cc3F)C3COC3)C[C@H]3C[C@H]32)cc(C)n1. The van der Waals surface area contributed by atoms with Crippen molar-refractivity contribution in [1.82, 2.24) is 15.2 Å². The van der Waals surface area contributed by atoms with Crippen LogP contribution < -0.4 is 5.32 Å². The molecule has 3 fully saturated rings. The molecule has 0 bridgehead atoms. The molecule has 3 aliphatic rings. The molecular weight excluding hydrogens is 452 g/mol. The number of likely N-dealkylation sites (tertiary alicyclic amines) is 1. The topological polar surface area (TPSA) is 71.5 Å². The van der Waals surface area contributed by atoms with E-state index < -0.39 is 23.7 Å². The van der Waals surface area contributed by atoms with E-state index in [0.717, 1.165) is 29.9 Å². The van der Waals surface area contributed by atoms with E-state index in [1.54, 1.807) is 17.0 Å². The van der Waals surface area contributed by atoms with Crippen LogP contribution in [0.3, 0.4) is 0 Å². The number of aryl methyl sites for hydroxylation is 2. The molecule has 5 rings (SSSR count). The van der Waals surface area contributed by atoms with Crippen LogP contribution in [-0.4, -0.2) is 47.0 Å². The second kappa shape index (κ2) is 8.33. The summed E-state index contributed by atoms with van der Waals surface area (Å²) < 4.78 is 34.0. The Morgan fingerprint density at radius 2 is 1.82 bits per heavy atom. The van der Waals surface area contributed by atoms with E-state index in [4.69, 9.17) is 16.3 Å². The van der Waals surface area contributed by atoms with Gasteiger partial charge in [0, 0.05) is 34.5 Å². The molecule has 0 radical (unpaired) electrons. The van der Waals surface area contributed by atoms with E-state index in [1.807, 2.05) is 13.8 Å². The first-order valence-corrected chi connectivity index (χ1v) is 11.4. The zero-order chi connectivity index (χ0) is 23.4. The fourth-order valence-corrected chi connectivity index (χ4v) is 5.16. The molecule has 3 heterocycles. The summed E-state index contributed by atoms with van der Waals surface area (Å²) in [6, 6.07) is 3.96. The lowest BCUT2D eigenvalue weighted by Gasteiger charge is -2.36. The van der Waals surface area contributed by atoms with Gasteiger partial charge in [0.2, 0.25) is 5.91 Å². The van der Waals surface area contributed by atoms with Gasteiger partial charge in [-0.25, -0.2) is 8.78 Å². The Morgan fingerprint density at radius 3 is 2.45 bits per heavy atom. The molecule has 1 aliphatic carbocycles. The summed E-state index contributed by atoms with van der Waals surface area (Å²) in [7, 11) is 0. The summed E-state index contributed by atoms with van der Waals surface area (Å²) in [6.45, 7) is 4.29. The van der Waals surface area contributed by atoms with Crippen LogP contribution in [0, 0.1) is 37.3 Å². The molecule has 0 spiro atoms. The quantitative estimate of drug-likeness (QED) is 0.669. The largest absolute Gasteiger partial charge is 0.381 e. The number of carbonyl (C=O) groups excluding carboxylic acids is 2. The van der Waals surface area contributed by atoms with Gasteiger partial charge in [0.25, 0.3) is 5.91 Å². The summed E-state index contributed by atoms with van der Waals surface area (Å²) in [4.78, 5) is 32.7. The van der Waals surface area contributed by atoms with E-state index in [9.17, 15) is 18.4 Å². The summed E-state index contributed by atoms with van der Waals surface area (Å²) in [5, 5.41) is 2.57. The average Bonchev–Trinajstić information content (AvgIpc) is 3.37. The third-order valence-corrected chi connectivity index (χ3v) is 7.07. The minimum absolute atomic E-state index is 0.0252. The molecular formula is C24H24ClF2N3O3. The second-order valence-corrected chi connectivity index (χ2v) is 9.64. The van der Waals surface area contributed by atoms with Crippen LogP contribution in [0.4, 0.5) is 8.78 Å². The van der Waals surface area contributed by atoms with Gasteiger partial charge in [-0.1, -0.05) is 11.6 Å². The first-order valence-electron chi connectivity index (χ1n) is 11.0. The van der Waals surface area contributed by atoms with Crippen molar-refractivity contribution in [3.8, 4) is 0 Å². The smallest absolute Gasteiger partial charge is 0.254 e. The van der Waals surface area contributed by atoms with Crippen molar-refractivity contribution in [2.24, 2.45) is 11.8 Å². The number of nitrogens with zero attached hydrogens (tertiary/aromatic N) is 2. The van der Waals surface area contributed by atoms with Gasteiger partial charge in [-0.15, -0.1) is 0 Å². The fourth-order valence-electron chi connectivity index (χ4n) is 5.01. The number of ether oxygens (including phenoxy) is 1. The van der Waals surface area contributed by atoms with Crippen LogP contribution in [0.1, 0.15) is 46.2 Å². The number of pyridine rings is 1. The van der Waals surface area contributed by atoms with Gasteiger partial charge in [-0.3, -0.25) is 14.6 Å². The Hall–Kier alpha value is -2.58. The molecule has 33 heavy (non-hydrogen) atoms. The zero-order valence-electron chi connectivity index (χ0n) is 18.3. The lowest BCUT2D eigenvalue weighted by Crippen LogP contribution is -2.51. The van der Waals surface area contributed by atoms with Gasteiger partial charge in [-0.05, 0) is 56.9 Å². The molecule has 1 saturated carbocycles. The van der Waals surface area contributed by atoms with Crippen LogP contribution in [0.5, 0.6) is 0 Å². The molecule has 1 N–H and O–H groups in total. The van der Waals surface area contributed by atoms with Crippen molar-refractivity contribution in [3.63, 3.8) is 0 Å². The maximum absolute atomic E-state index is 14.7. The molecule has 2 aromatic rings. The molecule has 6 nitrogen and oxygen atoms in total. The lowest BCUT2D eigenvalue weighted by molar-refractivity contribution is -0.128. The van der Waals surface area contributed by atoms with Crippen molar-refractivity contribution in [3.05, 3.63) is 63.4 Å². The monoisotopic (exact) mass is 475 g/mol. The number of piperidine rings is 1. The molecule has 174 valence electrons. The van der Waals surface area contributed by atoms with Crippen molar-refractivity contribution >= 4 is 23.4 Å². The maximum atomic E-state index is 14.7. The normalized spacial score (nSPS) is 24.8. The Bertz CT molecular complexity index is 1120. The van der Waals surface area contributed by atoms with Crippen molar-refractivity contribution in [2.45, 2.75) is 44.8 Å². The highest BCUT2D eigenvalue weighted by atomic mass is 35.5. The van der Waals surface area contributed by atoms with E-state index >= 15 is 0 Å². The predicted octanol–water partition coefficient (Wildman–Crippen LogP) is 3.74. The van der Waals surface area contributed by atoms with E-state index in [2.05, 4.69) is 10.3 Å². The molecule has 1 aromatic carbocycles. The number of carbonyl (C=O) groups is 2. The van der Waals surface area contributed by atoms with Crippen LogP contribution in [0.25, 0.3) is 0 Å². The zero-order valence-corrected chi connectivity index (χ0v) is 19.0. The van der Waals surface area contributed by atoms with Gasteiger partial charge in [0.05, 0.1) is 24.3 Å². The number of amides is 2. The molecule has 2 amide bonds. The number of nitrogens with one attached hydrogen (secondary N) is 1. The fraction of sp³-hybridized carbons (Fsp3) is 0.458. The summed E-state index contributed by atoms with van der Waals surface area (Å²) in [5.74, 6) is -1.94. The van der Waals surface area contributed by atoms with Crippen molar-refractivity contribution in [1.29, 1.82) is 0 Å². The van der Waals surface area contributed by atoms with Crippen LogP contribution in [0.2, 0.25) is 5.02 Å². The Balaban J connectivity index is 1.40. The van der Waals surface area contributed by atoms with Crippen molar-refractivity contribution in [2.75, 3.05) is 13.2 Å². The number of hydrogen-bond donors (Lipinski definition) is 1. The van der Waals surface area contributed by atoms with Crippen LogP contribution in [0.15, 0.2) is 24.3 Å². The van der Waals surface area contributed by atoms with Crippen molar-refractivity contribution < 1.29 is 23.1 Å². The third-order valence-electron chi connectivity index (χ3n) is 6.78. The number of rotatable bonds is 5. The minimum Gasteiger partial charge on any atom is -0.381 e. The van der Waals surface area contributed by atoms with E-state index in [1.165, 1.54) is 0 Å². The first-order chi connectivity index (χ1) is 15.7. The van der Waals surface area contributed by atoms with E-state index in [-0.39, 0.29) is 40.3 Å². The minimum atomic E-state index is -0.780. The number of halogens is 3. The average molecular weight is 476 g/mol. The maximum Gasteiger partial charge on any atom is 0.254 e. The number of aromatic nitrogens is 1. The standard InChI is InChI=1S/C24H24ClF2N3O3/c1-11-3-14(4-12(2)28-11)24(32)30-20-5-13(20)6-21(30)23(31)29-22(15-9-33-10-15)16-7-19(27)17(25)8-18(16)26/h3-4,7-8,13,15,20-22H,5-6,9-10H2,1-2H3,(H,29,31)/t13-,20-,21-,22?/m1/s1. The van der Waals surface area contributed by atoms with Gasteiger partial charge in [-0.2, -0.15) is 0 Å². The molecule has 1 aromatic heterocycles. The number of hydrogen-bond acceptors (Lipinski definition) is 4. The summed E-state index contributed by atoms with van der Waals surface area (Å²) in [6.07, 6.45) is 1.42. The van der Waals surface area contributed by atoms with Gasteiger partial charge >= 0.3 is 0 Å². The van der Waals surface area contributed by atoms with Gasteiger partial charge in [0.1, 0.15) is 17.7 Å². The molecule has 2 aliphatic heterocycles. The van der Waals surface area contributed by atoms with Gasteiger partial charge in [0.15, 0.2) is 0 Å². The predicted molar refractivity (Wildman–Crippen MR) is 117 cm³/mol. The highest BCUT2D eigenvalue weighted by Crippen LogP contribution is 2.48. The third kappa shape index (κ3) is 4.10. The van der Waals surface area contributed by atoms with Gasteiger partial charge < -0.3 is 15.0 Å². The first kappa shape index (κ1) is 22.2. The van der Waals surface area contributed by atoms with Crippen LogP contribution >= 0.6 is 11.6 Å². The number of benzene rings is 1.